The molecule has 0 aliphatic heterocycles. The lowest BCUT2D eigenvalue weighted by molar-refractivity contribution is -0.146. The highest BCUT2D eigenvalue weighted by Crippen LogP contribution is 2.72. The lowest BCUT2D eigenvalue weighted by Crippen LogP contribution is -2.30. The summed E-state index contributed by atoms with van der Waals surface area (Å²) in [6.45, 7) is 0. The Morgan fingerprint density at radius 1 is 1.25 bits per heavy atom. The monoisotopic (exact) mass is 352 g/mol. The summed E-state index contributed by atoms with van der Waals surface area (Å²) >= 11 is 5.90. The van der Waals surface area contributed by atoms with E-state index in [4.69, 9.17) is 17.3 Å². The molecule has 8 heteroatoms. The molecule has 128 valence electrons. The number of carboxylic acid groups (broad SMARTS) is 2. The number of carboxylic acids is 2. The van der Waals surface area contributed by atoms with Crippen LogP contribution in [0.2, 0.25) is 5.02 Å². The van der Waals surface area contributed by atoms with Gasteiger partial charge in [0, 0.05) is 11.8 Å². The van der Waals surface area contributed by atoms with Crippen molar-refractivity contribution in [3.05, 3.63) is 23.2 Å². The van der Waals surface area contributed by atoms with Crippen molar-refractivity contribution in [1.82, 2.24) is 0 Å². The van der Waals surface area contributed by atoms with Crippen LogP contribution in [0.25, 0.3) is 0 Å². The Morgan fingerprint density at radius 3 is 2.54 bits per heavy atom. The molecule has 2 aliphatic carbocycles. The summed E-state index contributed by atoms with van der Waals surface area (Å²) in [5.41, 5.74) is 5.34. The van der Waals surface area contributed by atoms with Crippen LogP contribution in [-0.4, -0.2) is 28.1 Å². The Labute approximate surface area is 142 Å². The number of rotatable bonds is 5. The second kappa shape index (κ2) is 5.66. The Bertz CT molecular complexity index is 737. The molecule has 2 fully saturated rings. The smallest absolute Gasteiger partial charge is 0.307 e. The van der Waals surface area contributed by atoms with Gasteiger partial charge in [-0.05, 0) is 30.9 Å². The first kappa shape index (κ1) is 16.6. The highest BCUT2D eigenvalue weighted by molar-refractivity contribution is 6.33. The zero-order chi connectivity index (χ0) is 17.6. The van der Waals surface area contributed by atoms with Gasteiger partial charge in [-0.1, -0.05) is 17.7 Å². The third-order valence-corrected chi connectivity index (χ3v) is 5.67. The predicted molar refractivity (Wildman–Crippen MR) is 86.5 cm³/mol. The highest BCUT2D eigenvalue weighted by atomic mass is 35.5. The molecule has 1 aromatic carbocycles. The summed E-state index contributed by atoms with van der Waals surface area (Å²) < 4.78 is 0. The minimum absolute atomic E-state index is 0.155. The normalized spacial score (nSPS) is 30.5. The van der Waals surface area contributed by atoms with Crippen LogP contribution in [-0.2, 0) is 14.4 Å². The molecule has 5 N–H and O–H groups in total. The van der Waals surface area contributed by atoms with Crippen molar-refractivity contribution in [3.63, 3.8) is 0 Å². The molecule has 4 atom stereocenters. The van der Waals surface area contributed by atoms with Crippen LogP contribution in [0.1, 0.15) is 19.3 Å². The number of carbonyl (C=O) groups excluding carboxylic acids is 1. The number of aliphatic carboxylic acids is 2. The number of benzene rings is 1. The molecule has 0 heterocycles. The van der Waals surface area contributed by atoms with Gasteiger partial charge in [0.2, 0.25) is 5.91 Å². The summed E-state index contributed by atoms with van der Waals surface area (Å²) in [6.07, 6.45) is 0.758. The van der Waals surface area contributed by atoms with E-state index in [0.717, 1.165) is 0 Å². The first-order chi connectivity index (χ1) is 11.3. The number of nitrogen functional groups attached to an aromatic ring is 1. The van der Waals surface area contributed by atoms with Gasteiger partial charge in [-0.3, -0.25) is 14.4 Å². The van der Waals surface area contributed by atoms with Gasteiger partial charge in [0.25, 0.3) is 0 Å². The third kappa shape index (κ3) is 2.39. The summed E-state index contributed by atoms with van der Waals surface area (Å²) in [5, 5.41) is 21.6. The zero-order valence-electron chi connectivity index (χ0n) is 12.7. The highest BCUT2D eigenvalue weighted by Gasteiger charge is 2.76. The van der Waals surface area contributed by atoms with E-state index in [2.05, 4.69) is 5.32 Å². The minimum Gasteiger partial charge on any atom is -0.481 e. The average molecular weight is 353 g/mol. The molecule has 0 saturated heterocycles. The van der Waals surface area contributed by atoms with Crippen LogP contribution in [0.4, 0.5) is 11.4 Å². The molecule has 3 rings (SSSR count). The fraction of sp³-hybridized carbons (Fsp3) is 0.438. The molecule has 0 spiro atoms. The SMILES string of the molecule is Nc1c(Cl)cccc1NC(=O)CC12C(C(=O)O)CCC1C2C(=O)O. The van der Waals surface area contributed by atoms with Crippen molar-refractivity contribution >= 4 is 40.8 Å². The van der Waals surface area contributed by atoms with E-state index in [1.807, 2.05) is 0 Å². The standard InChI is InChI=1S/C16H17ClN2O5/c17-9-2-1-3-10(13(9)18)19-11(20)6-16-7(12(16)15(23)24)4-5-8(16)14(21)22/h1-3,7-8,12H,4-6,18H2,(H,19,20)(H,21,22)(H,23,24). The Morgan fingerprint density at radius 2 is 1.96 bits per heavy atom. The number of amides is 1. The maximum absolute atomic E-state index is 12.4. The molecule has 0 aromatic heterocycles. The lowest BCUT2D eigenvalue weighted by atomic mass is 9.84. The van der Waals surface area contributed by atoms with Crippen molar-refractivity contribution in [2.24, 2.45) is 23.2 Å². The van der Waals surface area contributed by atoms with Crippen LogP contribution in [0.15, 0.2) is 18.2 Å². The molecule has 4 unspecified atom stereocenters. The third-order valence-electron chi connectivity index (χ3n) is 5.34. The van der Waals surface area contributed by atoms with Gasteiger partial charge in [0.15, 0.2) is 0 Å². The van der Waals surface area contributed by atoms with Crippen molar-refractivity contribution in [1.29, 1.82) is 0 Å². The minimum atomic E-state index is -1.05. The number of hydrogen-bond donors (Lipinski definition) is 4. The lowest BCUT2D eigenvalue weighted by Gasteiger charge is -2.21. The van der Waals surface area contributed by atoms with Crippen LogP contribution >= 0.6 is 11.6 Å². The molecule has 24 heavy (non-hydrogen) atoms. The topological polar surface area (TPSA) is 130 Å². The van der Waals surface area contributed by atoms with E-state index in [-0.39, 0.29) is 18.0 Å². The summed E-state index contributed by atoms with van der Waals surface area (Å²) in [5.74, 6) is -4.40. The van der Waals surface area contributed by atoms with Gasteiger partial charge in [0.05, 0.1) is 28.2 Å². The first-order valence-electron chi connectivity index (χ1n) is 7.58. The van der Waals surface area contributed by atoms with Gasteiger partial charge in [-0.15, -0.1) is 0 Å². The summed E-state index contributed by atoms with van der Waals surface area (Å²) in [6, 6.07) is 4.79. The van der Waals surface area contributed by atoms with Gasteiger partial charge in [-0.25, -0.2) is 0 Å². The van der Waals surface area contributed by atoms with E-state index in [1.54, 1.807) is 18.2 Å². The second-order valence-corrected chi connectivity index (χ2v) is 6.84. The van der Waals surface area contributed by atoms with Crippen molar-refractivity contribution in [2.75, 3.05) is 11.1 Å². The number of halogens is 1. The van der Waals surface area contributed by atoms with E-state index in [1.165, 1.54) is 0 Å². The molecular formula is C16H17ClN2O5. The Kier molecular flexibility index (Phi) is 3.91. The molecule has 7 nitrogen and oxygen atoms in total. The Hall–Kier alpha value is -2.28. The maximum atomic E-state index is 12.4. The first-order valence-corrected chi connectivity index (χ1v) is 7.96. The van der Waals surface area contributed by atoms with Crippen LogP contribution in [0.5, 0.6) is 0 Å². The predicted octanol–water partition coefficient (Wildman–Crippen LogP) is 2.06. The molecule has 2 saturated carbocycles. The van der Waals surface area contributed by atoms with Crippen LogP contribution in [0, 0.1) is 23.2 Å². The number of hydrogen-bond acceptors (Lipinski definition) is 4. The van der Waals surface area contributed by atoms with Gasteiger partial charge < -0.3 is 21.3 Å². The molecule has 1 aromatic rings. The molecule has 0 bridgehead atoms. The van der Waals surface area contributed by atoms with Crippen molar-refractivity contribution < 1.29 is 24.6 Å². The average Bonchev–Trinajstić information content (AvgIpc) is 2.97. The van der Waals surface area contributed by atoms with E-state index < -0.39 is 35.1 Å². The van der Waals surface area contributed by atoms with Crippen LogP contribution < -0.4 is 11.1 Å². The van der Waals surface area contributed by atoms with Crippen LogP contribution in [0.3, 0.4) is 0 Å². The quantitative estimate of drug-likeness (QED) is 0.600. The molecular weight excluding hydrogens is 336 g/mol. The second-order valence-electron chi connectivity index (χ2n) is 6.43. The Balaban J connectivity index is 1.80. The maximum Gasteiger partial charge on any atom is 0.307 e. The number of para-hydroxylation sites is 1. The number of nitrogens with two attached hydrogens (primary N) is 1. The van der Waals surface area contributed by atoms with E-state index in [0.29, 0.717) is 23.6 Å². The molecule has 2 aliphatic rings. The van der Waals surface area contributed by atoms with E-state index in [9.17, 15) is 24.6 Å². The number of anilines is 2. The molecule has 0 radical (unpaired) electrons. The van der Waals surface area contributed by atoms with Gasteiger partial charge in [-0.2, -0.15) is 0 Å². The zero-order valence-corrected chi connectivity index (χ0v) is 13.4. The summed E-state index contributed by atoms with van der Waals surface area (Å²) in [7, 11) is 0. The largest absolute Gasteiger partial charge is 0.481 e. The fourth-order valence-corrected chi connectivity index (χ4v) is 4.48. The number of carbonyl (C=O) groups is 3. The molecule has 1 amide bonds. The van der Waals surface area contributed by atoms with Crippen molar-refractivity contribution in [3.8, 4) is 0 Å². The summed E-state index contributed by atoms with van der Waals surface area (Å²) in [4.78, 5) is 35.3. The van der Waals surface area contributed by atoms with Gasteiger partial charge >= 0.3 is 11.9 Å². The number of nitrogens with one attached hydrogen (secondary N) is 1. The number of fused-ring (bicyclic) bond motifs is 1. The fourth-order valence-electron chi connectivity index (χ4n) is 4.30. The van der Waals surface area contributed by atoms with E-state index >= 15 is 0 Å². The van der Waals surface area contributed by atoms with Crippen molar-refractivity contribution in [2.45, 2.75) is 19.3 Å². The van der Waals surface area contributed by atoms with Gasteiger partial charge in [0.1, 0.15) is 0 Å².